The molecule has 1 aromatic rings. The Morgan fingerprint density at radius 1 is 1.40 bits per heavy atom. The Hall–Kier alpha value is -1.55. The molecular formula is C11H15NO3. The van der Waals surface area contributed by atoms with Crippen molar-refractivity contribution in [1.29, 1.82) is 0 Å². The lowest BCUT2D eigenvalue weighted by Gasteiger charge is -2.22. The van der Waals surface area contributed by atoms with Crippen LogP contribution in [0.2, 0.25) is 0 Å². The number of nitrogens with one attached hydrogen (secondary N) is 1. The normalized spacial score (nSPS) is 14.3. The number of para-hydroxylation sites is 1. The summed E-state index contributed by atoms with van der Waals surface area (Å²) in [6, 6.07) is 9.34. The molecule has 0 saturated heterocycles. The molecule has 4 heteroatoms. The van der Waals surface area contributed by atoms with Gasteiger partial charge < -0.3 is 15.5 Å². The van der Waals surface area contributed by atoms with Crippen LogP contribution in [0, 0.1) is 0 Å². The first-order valence-corrected chi connectivity index (χ1v) is 4.73. The zero-order valence-corrected chi connectivity index (χ0v) is 8.60. The molecule has 0 amide bonds. The molecule has 0 aliphatic heterocycles. The molecule has 0 aromatic heterocycles. The van der Waals surface area contributed by atoms with Crippen LogP contribution in [0.1, 0.15) is 13.3 Å². The minimum Gasteiger partial charge on any atom is -0.481 e. The fourth-order valence-corrected chi connectivity index (χ4v) is 1.24. The second-order valence-electron chi connectivity index (χ2n) is 3.79. The van der Waals surface area contributed by atoms with Crippen LogP contribution in [-0.2, 0) is 4.79 Å². The smallest absolute Gasteiger partial charge is 0.306 e. The lowest BCUT2D eigenvalue weighted by molar-refractivity contribution is -0.141. The third-order valence-corrected chi connectivity index (χ3v) is 1.98. The predicted octanol–water partition coefficient (Wildman–Crippen LogP) is 1.32. The van der Waals surface area contributed by atoms with Gasteiger partial charge >= 0.3 is 5.97 Å². The van der Waals surface area contributed by atoms with Crippen molar-refractivity contribution in [1.82, 2.24) is 0 Å². The Balaban J connectivity index is 2.46. The minimum absolute atomic E-state index is 0.212. The number of aliphatic hydroxyl groups is 1. The van der Waals surface area contributed by atoms with E-state index in [0.29, 0.717) is 0 Å². The molecule has 0 bridgehead atoms. The summed E-state index contributed by atoms with van der Waals surface area (Å²) in [6.45, 7) is 1.71. The number of benzene rings is 1. The molecule has 82 valence electrons. The van der Waals surface area contributed by atoms with Crippen molar-refractivity contribution in [3.05, 3.63) is 30.3 Å². The van der Waals surface area contributed by atoms with E-state index in [1.807, 2.05) is 30.3 Å². The topological polar surface area (TPSA) is 69.6 Å². The first-order chi connectivity index (χ1) is 6.99. The first-order valence-electron chi connectivity index (χ1n) is 4.73. The zero-order chi connectivity index (χ0) is 11.3. The van der Waals surface area contributed by atoms with Crippen LogP contribution in [0.25, 0.3) is 0 Å². The Kier molecular flexibility index (Phi) is 3.68. The molecule has 4 nitrogen and oxygen atoms in total. The summed E-state index contributed by atoms with van der Waals surface area (Å²) in [5, 5.41) is 21.2. The maximum atomic E-state index is 10.4. The van der Waals surface area contributed by atoms with Gasteiger partial charge in [-0.3, -0.25) is 4.79 Å². The lowest BCUT2D eigenvalue weighted by atomic mass is 10.0. The highest BCUT2D eigenvalue weighted by molar-refractivity contribution is 5.68. The summed E-state index contributed by atoms with van der Waals surface area (Å²) < 4.78 is 0. The van der Waals surface area contributed by atoms with Crippen LogP contribution in [0.4, 0.5) is 5.69 Å². The van der Waals surface area contributed by atoms with E-state index < -0.39 is 11.6 Å². The molecule has 15 heavy (non-hydrogen) atoms. The van der Waals surface area contributed by atoms with Gasteiger partial charge in [0.05, 0.1) is 12.0 Å². The van der Waals surface area contributed by atoms with Gasteiger partial charge in [0.15, 0.2) is 0 Å². The standard InChI is InChI=1S/C11H15NO3/c1-11(15,7-10(13)14)8-12-9-5-3-2-4-6-9/h2-6,12,15H,7-8H2,1H3,(H,13,14). The van der Waals surface area contributed by atoms with Gasteiger partial charge in [0, 0.05) is 12.2 Å². The third kappa shape index (κ3) is 4.46. The van der Waals surface area contributed by atoms with Crippen LogP contribution in [-0.4, -0.2) is 28.3 Å². The molecule has 1 atom stereocenters. The summed E-state index contributed by atoms with van der Waals surface area (Å²) in [4.78, 5) is 10.4. The first kappa shape index (κ1) is 11.5. The highest BCUT2D eigenvalue weighted by Crippen LogP contribution is 2.12. The number of rotatable bonds is 5. The van der Waals surface area contributed by atoms with Crippen molar-refractivity contribution in [2.24, 2.45) is 0 Å². The van der Waals surface area contributed by atoms with Gasteiger partial charge in [-0.15, -0.1) is 0 Å². The fraction of sp³-hybridized carbons (Fsp3) is 0.364. The molecule has 1 unspecified atom stereocenters. The molecule has 1 aromatic carbocycles. The number of carboxylic acid groups (broad SMARTS) is 1. The van der Waals surface area contributed by atoms with Crippen LogP contribution in [0.15, 0.2) is 30.3 Å². The van der Waals surface area contributed by atoms with Gasteiger partial charge in [-0.2, -0.15) is 0 Å². The molecule has 0 aliphatic rings. The van der Waals surface area contributed by atoms with E-state index >= 15 is 0 Å². The van der Waals surface area contributed by atoms with E-state index in [0.717, 1.165) is 5.69 Å². The maximum Gasteiger partial charge on any atom is 0.306 e. The Labute approximate surface area is 88.6 Å². The summed E-state index contributed by atoms with van der Waals surface area (Å²) >= 11 is 0. The number of carbonyl (C=O) groups is 1. The van der Waals surface area contributed by atoms with E-state index in [-0.39, 0.29) is 13.0 Å². The molecule has 3 N–H and O–H groups in total. The highest BCUT2D eigenvalue weighted by atomic mass is 16.4. The Bertz CT molecular complexity index is 322. The molecule has 0 saturated carbocycles. The van der Waals surface area contributed by atoms with E-state index in [1.165, 1.54) is 6.92 Å². The molecule has 1 rings (SSSR count). The lowest BCUT2D eigenvalue weighted by Crippen LogP contribution is -2.35. The SMILES string of the molecule is CC(O)(CNc1ccccc1)CC(=O)O. The number of hydrogen-bond donors (Lipinski definition) is 3. The van der Waals surface area contributed by atoms with Gasteiger partial charge in [-0.05, 0) is 19.1 Å². The largest absolute Gasteiger partial charge is 0.481 e. The van der Waals surface area contributed by atoms with Crippen molar-refractivity contribution in [3.63, 3.8) is 0 Å². The quantitative estimate of drug-likeness (QED) is 0.684. The monoisotopic (exact) mass is 209 g/mol. The maximum absolute atomic E-state index is 10.4. The molecule has 0 heterocycles. The second kappa shape index (κ2) is 4.79. The average Bonchev–Trinajstić information content (AvgIpc) is 2.15. The number of anilines is 1. The highest BCUT2D eigenvalue weighted by Gasteiger charge is 2.23. The minimum atomic E-state index is -1.23. The third-order valence-electron chi connectivity index (χ3n) is 1.98. The summed E-state index contributed by atoms with van der Waals surface area (Å²) in [7, 11) is 0. The Morgan fingerprint density at radius 3 is 2.53 bits per heavy atom. The second-order valence-corrected chi connectivity index (χ2v) is 3.79. The van der Waals surface area contributed by atoms with Crippen LogP contribution in [0.5, 0.6) is 0 Å². The molecule has 0 fully saturated rings. The van der Waals surface area contributed by atoms with Gasteiger partial charge in [0.25, 0.3) is 0 Å². The van der Waals surface area contributed by atoms with Crippen LogP contribution >= 0.6 is 0 Å². The van der Waals surface area contributed by atoms with Crippen molar-refractivity contribution in [2.75, 3.05) is 11.9 Å². The summed E-state index contributed by atoms with van der Waals surface area (Å²) in [6.07, 6.45) is -0.271. The van der Waals surface area contributed by atoms with Gasteiger partial charge in [0.1, 0.15) is 0 Å². The van der Waals surface area contributed by atoms with E-state index in [9.17, 15) is 9.90 Å². The average molecular weight is 209 g/mol. The van der Waals surface area contributed by atoms with Crippen molar-refractivity contribution in [3.8, 4) is 0 Å². The molecule has 0 radical (unpaired) electrons. The Morgan fingerprint density at radius 2 is 2.00 bits per heavy atom. The van der Waals surface area contributed by atoms with Crippen molar-refractivity contribution < 1.29 is 15.0 Å². The number of hydrogen-bond acceptors (Lipinski definition) is 3. The van der Waals surface area contributed by atoms with E-state index in [2.05, 4.69) is 5.32 Å². The fourth-order valence-electron chi connectivity index (χ4n) is 1.24. The van der Waals surface area contributed by atoms with Crippen LogP contribution < -0.4 is 5.32 Å². The van der Waals surface area contributed by atoms with Crippen molar-refractivity contribution in [2.45, 2.75) is 18.9 Å². The van der Waals surface area contributed by atoms with Gasteiger partial charge in [-0.25, -0.2) is 0 Å². The molecule has 0 spiro atoms. The van der Waals surface area contributed by atoms with Crippen LogP contribution in [0.3, 0.4) is 0 Å². The molecular weight excluding hydrogens is 194 g/mol. The number of aliphatic carboxylic acids is 1. The molecule has 0 aliphatic carbocycles. The van der Waals surface area contributed by atoms with E-state index in [1.54, 1.807) is 0 Å². The van der Waals surface area contributed by atoms with Gasteiger partial charge in [-0.1, -0.05) is 18.2 Å². The van der Waals surface area contributed by atoms with Gasteiger partial charge in [0.2, 0.25) is 0 Å². The summed E-state index contributed by atoms with van der Waals surface area (Å²) in [5.41, 5.74) is -0.370. The summed E-state index contributed by atoms with van der Waals surface area (Å²) in [5.74, 6) is -1.00. The number of carboxylic acids is 1. The van der Waals surface area contributed by atoms with E-state index in [4.69, 9.17) is 5.11 Å². The predicted molar refractivity (Wildman–Crippen MR) is 57.8 cm³/mol. The zero-order valence-electron chi connectivity index (χ0n) is 8.60. The van der Waals surface area contributed by atoms with Crippen molar-refractivity contribution >= 4 is 11.7 Å².